The van der Waals surface area contributed by atoms with E-state index in [-0.39, 0.29) is 12.0 Å². The molecule has 2 fully saturated rings. The molecule has 3 unspecified atom stereocenters. The van der Waals surface area contributed by atoms with Gasteiger partial charge in [-0.25, -0.2) is 0 Å². The Morgan fingerprint density at radius 3 is 2.55 bits per heavy atom. The van der Waals surface area contributed by atoms with E-state index < -0.39 is 5.97 Å². The molecule has 4 nitrogen and oxygen atoms in total. The molecule has 1 N–H and O–H groups in total. The Labute approximate surface area is 122 Å². The average Bonchev–Trinajstić information content (AvgIpc) is 2.38. The van der Waals surface area contributed by atoms with Gasteiger partial charge >= 0.3 is 5.97 Å². The second kappa shape index (κ2) is 6.44. The van der Waals surface area contributed by atoms with Gasteiger partial charge in [-0.2, -0.15) is 0 Å². The van der Waals surface area contributed by atoms with Crippen LogP contribution in [0.2, 0.25) is 0 Å². The Bertz CT molecular complexity index is 339. The highest BCUT2D eigenvalue weighted by Crippen LogP contribution is 2.47. The molecule has 0 spiro atoms. The number of carbonyl (C=O) groups is 1. The fourth-order valence-electron chi connectivity index (χ4n) is 4.49. The minimum absolute atomic E-state index is 0.165. The zero-order chi connectivity index (χ0) is 14.8. The quantitative estimate of drug-likeness (QED) is 0.861. The van der Waals surface area contributed by atoms with E-state index in [0.29, 0.717) is 17.8 Å². The molecule has 1 heterocycles. The SMILES string of the molecule is CC1CCC(C(C)C)C(CC(=O)O)(N2CCOCC2)C1. The van der Waals surface area contributed by atoms with E-state index in [9.17, 15) is 9.90 Å². The predicted molar refractivity (Wildman–Crippen MR) is 78.7 cm³/mol. The van der Waals surface area contributed by atoms with Crippen molar-refractivity contribution < 1.29 is 14.6 Å². The number of hydrogen-bond acceptors (Lipinski definition) is 3. The third-order valence-electron chi connectivity index (χ3n) is 5.27. The fourth-order valence-corrected chi connectivity index (χ4v) is 4.49. The van der Waals surface area contributed by atoms with E-state index in [0.717, 1.165) is 39.1 Å². The number of morpholine rings is 1. The Morgan fingerprint density at radius 1 is 1.35 bits per heavy atom. The Kier molecular flexibility index (Phi) is 5.08. The molecule has 0 aromatic rings. The minimum atomic E-state index is -0.656. The van der Waals surface area contributed by atoms with Crippen molar-refractivity contribution >= 4 is 5.97 Å². The van der Waals surface area contributed by atoms with Gasteiger partial charge in [0.15, 0.2) is 0 Å². The maximum Gasteiger partial charge on any atom is 0.305 e. The molecule has 0 aromatic carbocycles. The van der Waals surface area contributed by atoms with Gasteiger partial charge < -0.3 is 9.84 Å². The monoisotopic (exact) mass is 283 g/mol. The summed E-state index contributed by atoms with van der Waals surface area (Å²) in [5.74, 6) is 0.973. The lowest BCUT2D eigenvalue weighted by Crippen LogP contribution is -2.61. The van der Waals surface area contributed by atoms with Crippen LogP contribution in [-0.2, 0) is 9.53 Å². The average molecular weight is 283 g/mol. The summed E-state index contributed by atoms with van der Waals surface area (Å²) in [7, 11) is 0. The summed E-state index contributed by atoms with van der Waals surface area (Å²) in [5, 5.41) is 9.49. The van der Waals surface area contributed by atoms with E-state index in [1.165, 1.54) is 6.42 Å². The molecule has 0 aromatic heterocycles. The smallest absolute Gasteiger partial charge is 0.305 e. The molecule has 1 saturated carbocycles. The maximum atomic E-state index is 11.5. The number of rotatable bonds is 4. The summed E-state index contributed by atoms with van der Waals surface area (Å²) in [4.78, 5) is 14.0. The molecule has 1 aliphatic heterocycles. The van der Waals surface area contributed by atoms with Gasteiger partial charge in [-0.05, 0) is 30.6 Å². The van der Waals surface area contributed by atoms with Crippen molar-refractivity contribution in [1.29, 1.82) is 0 Å². The third-order valence-corrected chi connectivity index (χ3v) is 5.27. The standard InChI is InChI=1S/C16H29NO3/c1-12(2)14-5-4-13(3)10-16(14,11-15(18)19)17-6-8-20-9-7-17/h12-14H,4-11H2,1-3H3,(H,18,19). The number of carboxylic acids is 1. The molecule has 2 aliphatic rings. The van der Waals surface area contributed by atoms with Crippen LogP contribution in [0.4, 0.5) is 0 Å². The molecule has 1 saturated heterocycles. The van der Waals surface area contributed by atoms with Gasteiger partial charge in [0.05, 0.1) is 19.6 Å². The van der Waals surface area contributed by atoms with Gasteiger partial charge in [0, 0.05) is 18.6 Å². The van der Waals surface area contributed by atoms with Gasteiger partial charge in [-0.1, -0.05) is 27.2 Å². The van der Waals surface area contributed by atoms with Crippen LogP contribution in [-0.4, -0.2) is 47.8 Å². The van der Waals surface area contributed by atoms with Crippen LogP contribution >= 0.6 is 0 Å². The first-order chi connectivity index (χ1) is 9.45. The first kappa shape index (κ1) is 15.8. The molecule has 116 valence electrons. The second-order valence-corrected chi connectivity index (χ2v) is 7.01. The topological polar surface area (TPSA) is 49.8 Å². The van der Waals surface area contributed by atoms with Crippen molar-refractivity contribution in [2.24, 2.45) is 17.8 Å². The van der Waals surface area contributed by atoms with E-state index >= 15 is 0 Å². The number of carboxylic acid groups (broad SMARTS) is 1. The van der Waals surface area contributed by atoms with Crippen LogP contribution in [0.25, 0.3) is 0 Å². The van der Waals surface area contributed by atoms with Gasteiger partial charge in [0.1, 0.15) is 0 Å². The van der Waals surface area contributed by atoms with Crippen molar-refractivity contribution in [2.45, 2.75) is 52.0 Å². The molecular weight excluding hydrogens is 254 g/mol. The van der Waals surface area contributed by atoms with Crippen molar-refractivity contribution in [2.75, 3.05) is 26.3 Å². The number of ether oxygens (including phenoxy) is 1. The van der Waals surface area contributed by atoms with Gasteiger partial charge in [-0.15, -0.1) is 0 Å². The Hall–Kier alpha value is -0.610. The predicted octanol–water partition coefficient (Wildman–Crippen LogP) is 2.62. The molecule has 0 bridgehead atoms. The number of hydrogen-bond donors (Lipinski definition) is 1. The highest BCUT2D eigenvalue weighted by atomic mass is 16.5. The number of aliphatic carboxylic acids is 1. The molecule has 4 heteroatoms. The van der Waals surface area contributed by atoms with Crippen LogP contribution < -0.4 is 0 Å². The molecule has 0 amide bonds. The summed E-state index contributed by atoms with van der Waals surface area (Å²) in [6, 6.07) is 0. The maximum absolute atomic E-state index is 11.5. The van der Waals surface area contributed by atoms with Crippen LogP contribution in [0.5, 0.6) is 0 Å². The van der Waals surface area contributed by atoms with Gasteiger partial charge in [-0.3, -0.25) is 9.69 Å². The summed E-state index contributed by atoms with van der Waals surface area (Å²) in [6.07, 6.45) is 3.68. The largest absolute Gasteiger partial charge is 0.481 e. The summed E-state index contributed by atoms with van der Waals surface area (Å²) < 4.78 is 5.47. The minimum Gasteiger partial charge on any atom is -0.481 e. The lowest BCUT2D eigenvalue weighted by molar-refractivity contribution is -0.148. The molecule has 20 heavy (non-hydrogen) atoms. The zero-order valence-corrected chi connectivity index (χ0v) is 13.1. The molecule has 1 aliphatic carbocycles. The lowest BCUT2D eigenvalue weighted by atomic mass is 9.62. The Balaban J connectivity index is 2.31. The van der Waals surface area contributed by atoms with Crippen molar-refractivity contribution in [3.63, 3.8) is 0 Å². The molecular formula is C16H29NO3. The van der Waals surface area contributed by atoms with Crippen LogP contribution in [0.3, 0.4) is 0 Å². The second-order valence-electron chi connectivity index (χ2n) is 7.01. The summed E-state index contributed by atoms with van der Waals surface area (Å²) >= 11 is 0. The summed E-state index contributed by atoms with van der Waals surface area (Å²) in [5.41, 5.74) is -0.165. The van der Waals surface area contributed by atoms with Crippen LogP contribution in [0.15, 0.2) is 0 Å². The molecule has 3 atom stereocenters. The van der Waals surface area contributed by atoms with E-state index in [4.69, 9.17) is 4.74 Å². The highest BCUT2D eigenvalue weighted by Gasteiger charge is 2.49. The third kappa shape index (κ3) is 3.17. The lowest BCUT2D eigenvalue weighted by Gasteiger charge is -2.55. The molecule has 2 rings (SSSR count). The van der Waals surface area contributed by atoms with Gasteiger partial charge in [0.2, 0.25) is 0 Å². The van der Waals surface area contributed by atoms with Crippen molar-refractivity contribution in [3.8, 4) is 0 Å². The first-order valence-corrected chi connectivity index (χ1v) is 8.00. The number of nitrogens with zero attached hydrogens (tertiary/aromatic N) is 1. The van der Waals surface area contributed by atoms with Crippen LogP contribution in [0.1, 0.15) is 46.5 Å². The van der Waals surface area contributed by atoms with Crippen molar-refractivity contribution in [1.82, 2.24) is 4.90 Å². The van der Waals surface area contributed by atoms with E-state index in [2.05, 4.69) is 25.7 Å². The normalized spacial score (nSPS) is 36.2. The Morgan fingerprint density at radius 2 is 2.00 bits per heavy atom. The van der Waals surface area contributed by atoms with Crippen molar-refractivity contribution in [3.05, 3.63) is 0 Å². The zero-order valence-electron chi connectivity index (χ0n) is 13.1. The molecule has 0 radical (unpaired) electrons. The summed E-state index contributed by atoms with van der Waals surface area (Å²) in [6.45, 7) is 10.00. The van der Waals surface area contributed by atoms with E-state index in [1.807, 2.05) is 0 Å². The fraction of sp³-hybridized carbons (Fsp3) is 0.938. The van der Waals surface area contributed by atoms with E-state index in [1.54, 1.807) is 0 Å². The van der Waals surface area contributed by atoms with Gasteiger partial charge in [0.25, 0.3) is 0 Å². The first-order valence-electron chi connectivity index (χ1n) is 8.00. The highest BCUT2D eigenvalue weighted by molar-refractivity contribution is 5.68. The van der Waals surface area contributed by atoms with Crippen LogP contribution in [0, 0.1) is 17.8 Å².